The molecule has 1 aromatic rings. The first-order valence-electron chi connectivity index (χ1n) is 6.28. The number of hydrogen-bond donors (Lipinski definition) is 1. The van der Waals surface area contributed by atoms with Crippen LogP contribution in [0.2, 0.25) is 0 Å². The van der Waals surface area contributed by atoms with Crippen LogP contribution in [0.1, 0.15) is 36.0 Å². The van der Waals surface area contributed by atoms with Crippen molar-refractivity contribution >= 4 is 0 Å². The Morgan fingerprint density at radius 2 is 2.00 bits per heavy atom. The van der Waals surface area contributed by atoms with Crippen LogP contribution in [0, 0.1) is 12.8 Å². The summed E-state index contributed by atoms with van der Waals surface area (Å²) in [4.78, 5) is 0. The summed E-state index contributed by atoms with van der Waals surface area (Å²) in [6, 6.07) is 4.10. The van der Waals surface area contributed by atoms with E-state index < -0.39 is 11.7 Å². The Kier molecular flexibility index (Phi) is 3.66. The summed E-state index contributed by atoms with van der Waals surface area (Å²) in [5.74, 6) is 0.836. The van der Waals surface area contributed by atoms with Crippen molar-refractivity contribution < 1.29 is 13.2 Å². The zero-order chi connectivity index (χ0) is 13.3. The maximum Gasteiger partial charge on any atom is 0.416 e. The molecule has 2 atom stereocenters. The molecule has 1 N–H and O–H groups in total. The van der Waals surface area contributed by atoms with Gasteiger partial charge in [0, 0.05) is 6.54 Å². The van der Waals surface area contributed by atoms with Crippen LogP contribution in [0.4, 0.5) is 13.2 Å². The quantitative estimate of drug-likeness (QED) is 0.808. The molecule has 1 aliphatic heterocycles. The van der Waals surface area contributed by atoms with Crippen LogP contribution in [0.5, 0.6) is 0 Å². The van der Waals surface area contributed by atoms with E-state index >= 15 is 0 Å². The van der Waals surface area contributed by atoms with Crippen LogP contribution in [-0.2, 0) is 6.18 Å². The highest BCUT2D eigenvalue weighted by Crippen LogP contribution is 2.35. The van der Waals surface area contributed by atoms with Crippen LogP contribution in [0.3, 0.4) is 0 Å². The highest BCUT2D eigenvalue weighted by atomic mass is 19.4. The lowest BCUT2D eigenvalue weighted by molar-refractivity contribution is -0.137. The average molecular weight is 257 g/mol. The third-order valence-electron chi connectivity index (χ3n) is 3.82. The monoisotopic (exact) mass is 257 g/mol. The van der Waals surface area contributed by atoms with Crippen LogP contribution >= 0.6 is 0 Å². The standard InChI is InChI=1S/C14H18F3N/c1-9-5-6-18-8-13(9)12-4-3-11(7-10(12)2)14(15,16)17/h3-4,7,9,13,18H,5-6,8H2,1-2H3. The lowest BCUT2D eigenvalue weighted by atomic mass is 9.80. The van der Waals surface area contributed by atoms with Gasteiger partial charge in [-0.1, -0.05) is 13.0 Å². The van der Waals surface area contributed by atoms with Gasteiger partial charge in [-0.15, -0.1) is 0 Å². The van der Waals surface area contributed by atoms with Crippen molar-refractivity contribution in [1.29, 1.82) is 0 Å². The van der Waals surface area contributed by atoms with Crippen LogP contribution in [0.25, 0.3) is 0 Å². The van der Waals surface area contributed by atoms with Gasteiger partial charge in [0.2, 0.25) is 0 Å². The molecule has 1 fully saturated rings. The van der Waals surface area contributed by atoms with Crippen molar-refractivity contribution in [2.45, 2.75) is 32.4 Å². The van der Waals surface area contributed by atoms with Gasteiger partial charge in [-0.05, 0) is 55.0 Å². The minimum Gasteiger partial charge on any atom is -0.316 e. The molecule has 2 rings (SSSR count). The molecule has 1 nitrogen and oxygen atoms in total. The molecule has 0 radical (unpaired) electrons. The molecule has 0 aliphatic carbocycles. The molecule has 2 unspecified atom stereocenters. The average Bonchev–Trinajstić information content (AvgIpc) is 2.29. The van der Waals surface area contributed by atoms with Crippen molar-refractivity contribution in [3.63, 3.8) is 0 Å². The molecule has 1 heterocycles. The van der Waals surface area contributed by atoms with Crippen molar-refractivity contribution in [2.24, 2.45) is 5.92 Å². The van der Waals surface area contributed by atoms with Gasteiger partial charge in [-0.3, -0.25) is 0 Å². The first-order chi connectivity index (χ1) is 8.39. The molecule has 0 aromatic heterocycles. The molecular formula is C14H18F3N. The van der Waals surface area contributed by atoms with E-state index in [0.717, 1.165) is 30.6 Å². The van der Waals surface area contributed by atoms with Gasteiger partial charge in [0.15, 0.2) is 0 Å². The topological polar surface area (TPSA) is 12.0 Å². The van der Waals surface area contributed by atoms with Crippen molar-refractivity contribution in [2.75, 3.05) is 13.1 Å². The van der Waals surface area contributed by atoms with E-state index in [2.05, 4.69) is 12.2 Å². The maximum absolute atomic E-state index is 12.6. The van der Waals surface area contributed by atoms with Crippen molar-refractivity contribution in [1.82, 2.24) is 5.32 Å². The predicted octanol–water partition coefficient (Wildman–Crippen LogP) is 3.73. The molecule has 0 spiro atoms. The molecule has 0 saturated carbocycles. The number of benzene rings is 1. The Balaban J connectivity index is 2.29. The van der Waals surface area contributed by atoms with E-state index in [9.17, 15) is 13.2 Å². The minimum absolute atomic E-state index is 0.320. The second-order valence-electron chi connectivity index (χ2n) is 5.15. The molecular weight excluding hydrogens is 239 g/mol. The number of aryl methyl sites for hydroxylation is 1. The van der Waals surface area contributed by atoms with Gasteiger partial charge in [0.05, 0.1) is 5.56 Å². The van der Waals surface area contributed by atoms with Gasteiger partial charge >= 0.3 is 6.18 Å². The van der Waals surface area contributed by atoms with Gasteiger partial charge in [0.25, 0.3) is 0 Å². The van der Waals surface area contributed by atoms with Gasteiger partial charge in [-0.2, -0.15) is 13.2 Å². The Labute approximate surface area is 105 Å². The Hall–Kier alpha value is -1.03. The van der Waals surface area contributed by atoms with E-state index in [4.69, 9.17) is 0 Å². The van der Waals surface area contributed by atoms with Crippen LogP contribution < -0.4 is 5.32 Å². The first kappa shape index (κ1) is 13.4. The van der Waals surface area contributed by atoms with Crippen molar-refractivity contribution in [3.05, 3.63) is 34.9 Å². The summed E-state index contributed by atoms with van der Waals surface area (Å²) in [7, 11) is 0. The number of alkyl halides is 3. The van der Waals surface area contributed by atoms with E-state index in [0.29, 0.717) is 11.8 Å². The maximum atomic E-state index is 12.6. The molecule has 0 bridgehead atoms. The largest absolute Gasteiger partial charge is 0.416 e. The number of nitrogens with one attached hydrogen (secondary N) is 1. The zero-order valence-corrected chi connectivity index (χ0v) is 10.6. The van der Waals surface area contributed by atoms with Crippen LogP contribution in [0.15, 0.2) is 18.2 Å². The summed E-state index contributed by atoms with van der Waals surface area (Å²) >= 11 is 0. The Morgan fingerprint density at radius 1 is 1.28 bits per heavy atom. The highest BCUT2D eigenvalue weighted by Gasteiger charge is 2.31. The molecule has 4 heteroatoms. The van der Waals surface area contributed by atoms with Crippen LogP contribution in [-0.4, -0.2) is 13.1 Å². The third-order valence-corrected chi connectivity index (χ3v) is 3.82. The molecule has 0 amide bonds. The fourth-order valence-electron chi connectivity index (χ4n) is 2.67. The molecule has 1 aliphatic rings. The van der Waals surface area contributed by atoms with Gasteiger partial charge in [0.1, 0.15) is 0 Å². The minimum atomic E-state index is -4.25. The number of hydrogen-bond acceptors (Lipinski definition) is 1. The Morgan fingerprint density at radius 3 is 2.56 bits per heavy atom. The third kappa shape index (κ3) is 2.69. The normalized spacial score (nSPS) is 25.2. The summed E-state index contributed by atoms with van der Waals surface area (Å²) in [6.07, 6.45) is -3.18. The molecule has 18 heavy (non-hydrogen) atoms. The summed E-state index contributed by atoms with van der Waals surface area (Å²) in [5.41, 5.74) is 1.23. The SMILES string of the molecule is Cc1cc(C(F)(F)F)ccc1C1CNCCC1C. The number of rotatable bonds is 1. The highest BCUT2D eigenvalue weighted by molar-refractivity contribution is 5.35. The van der Waals surface area contributed by atoms with Gasteiger partial charge in [-0.25, -0.2) is 0 Å². The Bertz CT molecular complexity index is 426. The summed E-state index contributed by atoms with van der Waals surface area (Å²) in [5, 5.41) is 3.31. The van der Waals surface area contributed by atoms with E-state index in [1.54, 1.807) is 13.0 Å². The lowest BCUT2D eigenvalue weighted by Gasteiger charge is -2.31. The lowest BCUT2D eigenvalue weighted by Crippen LogP contribution is -2.34. The molecule has 100 valence electrons. The predicted molar refractivity (Wildman–Crippen MR) is 65.6 cm³/mol. The molecule has 1 aromatic carbocycles. The van der Waals surface area contributed by atoms with E-state index in [1.807, 2.05) is 0 Å². The second-order valence-corrected chi connectivity index (χ2v) is 5.15. The van der Waals surface area contributed by atoms with Crippen molar-refractivity contribution in [3.8, 4) is 0 Å². The first-order valence-corrected chi connectivity index (χ1v) is 6.28. The smallest absolute Gasteiger partial charge is 0.316 e. The second kappa shape index (κ2) is 4.92. The summed E-state index contributed by atoms with van der Waals surface area (Å²) < 4.78 is 37.8. The van der Waals surface area contributed by atoms with E-state index in [-0.39, 0.29) is 0 Å². The number of halogens is 3. The van der Waals surface area contributed by atoms with E-state index in [1.165, 1.54) is 12.1 Å². The summed E-state index contributed by atoms with van der Waals surface area (Å²) in [6.45, 7) is 5.79. The zero-order valence-electron chi connectivity index (χ0n) is 10.6. The van der Waals surface area contributed by atoms with Gasteiger partial charge < -0.3 is 5.32 Å². The number of piperidine rings is 1. The fraction of sp³-hybridized carbons (Fsp3) is 0.571. The fourth-order valence-corrected chi connectivity index (χ4v) is 2.67. The molecule has 1 saturated heterocycles.